The minimum Gasteiger partial charge on any atom is -0.462 e. The number of fused-ring (bicyclic) bond motifs is 1. The Kier molecular flexibility index (Phi) is 16.4. The second-order valence-corrected chi connectivity index (χ2v) is 15.9. The summed E-state index contributed by atoms with van der Waals surface area (Å²) in [4.78, 5) is 44.8. The van der Waals surface area contributed by atoms with E-state index < -0.39 is 0 Å². The highest BCUT2D eigenvalue weighted by Gasteiger charge is 2.46. The van der Waals surface area contributed by atoms with E-state index in [0.717, 1.165) is 126 Å². The number of aliphatic imine (C=N–C) groups is 3. The lowest BCUT2D eigenvalue weighted by Crippen LogP contribution is -2.56. The lowest BCUT2D eigenvalue weighted by molar-refractivity contribution is -0.140. The number of carbonyl (C=O) groups excluding carboxylic acids is 2. The number of ether oxygens (including phenoxy) is 2. The maximum Gasteiger partial charge on any atom is 0.337 e. The van der Waals surface area contributed by atoms with Gasteiger partial charge >= 0.3 is 11.9 Å². The average molecular weight is 752 g/mol. The van der Waals surface area contributed by atoms with Crippen LogP contribution in [0.4, 0.5) is 0 Å². The number of unbranched alkanes of at least 4 members (excludes halogenated alkanes) is 12. The SMILES string of the molecule is CCCCCCCCC1CC2CCC3C(C(=O)OCCCCCCCCCC4N=C(N)N5CCCC5=C4C(=O)OCCCCN=C(N)N)=C(C)NC(=N1)N23. The monoisotopic (exact) mass is 752 g/mol. The smallest absolute Gasteiger partial charge is 0.337 e. The van der Waals surface area contributed by atoms with Crippen molar-refractivity contribution in [2.45, 2.75) is 179 Å². The second-order valence-electron chi connectivity index (χ2n) is 15.9. The first-order chi connectivity index (χ1) is 26.3. The molecule has 5 rings (SSSR count). The summed E-state index contributed by atoms with van der Waals surface area (Å²) in [6.07, 6.45) is 23.5. The van der Waals surface area contributed by atoms with Crippen LogP contribution in [0, 0.1) is 0 Å². The number of nitrogens with zero attached hydrogens (tertiary/aromatic N) is 5. The highest BCUT2D eigenvalue weighted by Crippen LogP contribution is 2.39. The highest BCUT2D eigenvalue weighted by atomic mass is 16.5. The summed E-state index contributed by atoms with van der Waals surface area (Å²) in [6.45, 7) is 6.35. The lowest BCUT2D eigenvalue weighted by Gasteiger charge is -2.42. The molecule has 13 heteroatoms. The molecule has 0 bridgehead atoms. The van der Waals surface area contributed by atoms with Crippen molar-refractivity contribution in [1.82, 2.24) is 15.1 Å². The fraction of sp³-hybridized carbons (Fsp3) is 0.780. The first-order valence-electron chi connectivity index (χ1n) is 21.4. The number of carbonyl (C=O) groups is 2. The van der Waals surface area contributed by atoms with Gasteiger partial charge in [0.1, 0.15) is 0 Å². The zero-order valence-corrected chi connectivity index (χ0v) is 33.3. The molecule has 4 unspecified atom stereocenters. The fourth-order valence-electron chi connectivity index (χ4n) is 8.93. The number of rotatable bonds is 24. The van der Waals surface area contributed by atoms with Gasteiger partial charge in [-0.15, -0.1) is 0 Å². The summed E-state index contributed by atoms with van der Waals surface area (Å²) < 4.78 is 11.5. The Bertz CT molecular complexity index is 1420. The Labute approximate surface area is 323 Å². The summed E-state index contributed by atoms with van der Waals surface area (Å²) in [6, 6.07) is 0.667. The number of nitrogens with two attached hydrogens (primary N) is 3. The molecule has 0 amide bonds. The molecule has 0 radical (unpaired) electrons. The molecule has 54 heavy (non-hydrogen) atoms. The van der Waals surface area contributed by atoms with Gasteiger partial charge < -0.3 is 41.8 Å². The molecule has 2 saturated heterocycles. The van der Waals surface area contributed by atoms with Gasteiger partial charge in [-0.3, -0.25) is 4.99 Å². The van der Waals surface area contributed by atoms with E-state index in [1.54, 1.807) is 0 Å². The molecule has 5 aliphatic rings. The van der Waals surface area contributed by atoms with Crippen LogP contribution in [0.1, 0.15) is 155 Å². The van der Waals surface area contributed by atoms with E-state index in [4.69, 9.17) is 36.7 Å². The van der Waals surface area contributed by atoms with Gasteiger partial charge in [0, 0.05) is 30.5 Å². The van der Waals surface area contributed by atoms with Crippen molar-refractivity contribution in [1.29, 1.82) is 0 Å². The number of hydrogen-bond donors (Lipinski definition) is 4. The van der Waals surface area contributed by atoms with Gasteiger partial charge in [-0.25, -0.2) is 19.6 Å². The van der Waals surface area contributed by atoms with E-state index in [9.17, 15) is 9.59 Å². The van der Waals surface area contributed by atoms with Crippen LogP contribution in [-0.4, -0.2) is 90.1 Å². The summed E-state index contributed by atoms with van der Waals surface area (Å²) in [5.74, 6) is 1.10. The molecule has 5 aliphatic heterocycles. The summed E-state index contributed by atoms with van der Waals surface area (Å²) in [7, 11) is 0. The van der Waals surface area contributed by atoms with Crippen LogP contribution in [0.25, 0.3) is 0 Å². The van der Waals surface area contributed by atoms with Gasteiger partial charge in [0.15, 0.2) is 17.9 Å². The van der Waals surface area contributed by atoms with E-state index in [2.05, 4.69) is 22.1 Å². The van der Waals surface area contributed by atoms with Crippen LogP contribution in [-0.2, 0) is 19.1 Å². The molecule has 0 aromatic carbocycles. The lowest BCUT2D eigenvalue weighted by atomic mass is 9.96. The third kappa shape index (κ3) is 11.4. The molecule has 0 aromatic rings. The Morgan fingerprint density at radius 2 is 1.48 bits per heavy atom. The first-order valence-corrected chi connectivity index (χ1v) is 21.4. The van der Waals surface area contributed by atoms with E-state index >= 15 is 0 Å². The van der Waals surface area contributed by atoms with Crippen LogP contribution in [0.3, 0.4) is 0 Å². The largest absolute Gasteiger partial charge is 0.462 e. The third-order valence-corrected chi connectivity index (χ3v) is 11.7. The molecule has 302 valence electrons. The third-order valence-electron chi connectivity index (χ3n) is 11.7. The normalized spacial score (nSPS) is 23.1. The standard InChI is InChI=1S/C41H69N9O4/c1-3-4-5-6-10-13-19-30-28-31-22-23-34-35(29(2)46-41(47-30)50(31)34)37(51)53-26-16-12-9-7-8-11-14-20-32-36(33-21-18-25-49(33)40(44)48-32)38(52)54-27-17-15-24-45-39(42)43/h30-32,34H,3-28H2,1-2H3,(H2,44,48)(H,46,47)(H4,42,43,45). The van der Waals surface area contributed by atoms with Gasteiger partial charge in [0.2, 0.25) is 0 Å². The first kappa shape index (κ1) is 41.4. The summed E-state index contributed by atoms with van der Waals surface area (Å²) >= 11 is 0. The van der Waals surface area contributed by atoms with Crippen LogP contribution in [0.2, 0.25) is 0 Å². The summed E-state index contributed by atoms with van der Waals surface area (Å²) in [5, 5.41) is 3.49. The fourth-order valence-corrected chi connectivity index (χ4v) is 8.93. The second kappa shape index (κ2) is 21.4. The molecule has 4 atom stereocenters. The van der Waals surface area contributed by atoms with E-state index in [1.165, 1.54) is 38.5 Å². The number of nitrogens with one attached hydrogen (secondary N) is 1. The molecular formula is C41H69N9O4. The van der Waals surface area contributed by atoms with Crippen molar-refractivity contribution in [2.75, 3.05) is 26.3 Å². The van der Waals surface area contributed by atoms with Crippen LogP contribution >= 0.6 is 0 Å². The molecule has 13 nitrogen and oxygen atoms in total. The van der Waals surface area contributed by atoms with Crippen molar-refractivity contribution < 1.29 is 19.1 Å². The Morgan fingerprint density at radius 3 is 2.20 bits per heavy atom. The zero-order chi connectivity index (χ0) is 38.3. The number of allylic oxidation sites excluding steroid dienone is 2. The molecule has 0 aliphatic carbocycles. The van der Waals surface area contributed by atoms with Gasteiger partial charge in [-0.05, 0) is 71.1 Å². The highest BCUT2D eigenvalue weighted by molar-refractivity contribution is 5.97. The van der Waals surface area contributed by atoms with Crippen molar-refractivity contribution in [3.05, 3.63) is 22.5 Å². The van der Waals surface area contributed by atoms with Gasteiger partial charge in [-0.1, -0.05) is 84.0 Å². The van der Waals surface area contributed by atoms with Crippen LogP contribution in [0.15, 0.2) is 37.5 Å². The van der Waals surface area contributed by atoms with Crippen LogP contribution < -0.4 is 22.5 Å². The molecule has 7 N–H and O–H groups in total. The van der Waals surface area contributed by atoms with Gasteiger partial charge in [0.05, 0.1) is 42.5 Å². The minimum absolute atomic E-state index is 0.0736. The summed E-state index contributed by atoms with van der Waals surface area (Å²) in [5.41, 5.74) is 20.4. The topological polar surface area (TPSA) is 186 Å². The molecule has 0 spiro atoms. The predicted molar refractivity (Wildman–Crippen MR) is 215 cm³/mol. The number of guanidine groups is 3. The predicted octanol–water partition coefficient (Wildman–Crippen LogP) is 5.88. The zero-order valence-electron chi connectivity index (χ0n) is 33.3. The van der Waals surface area contributed by atoms with E-state index in [1.807, 2.05) is 11.8 Å². The molecular weight excluding hydrogens is 683 g/mol. The Morgan fingerprint density at radius 1 is 0.833 bits per heavy atom. The van der Waals surface area contributed by atoms with Crippen molar-refractivity contribution in [3.63, 3.8) is 0 Å². The molecule has 0 saturated carbocycles. The maximum atomic E-state index is 13.3. The van der Waals surface area contributed by atoms with Crippen molar-refractivity contribution in [2.24, 2.45) is 32.2 Å². The quantitative estimate of drug-likeness (QED) is 0.0402. The van der Waals surface area contributed by atoms with Crippen molar-refractivity contribution >= 4 is 29.8 Å². The molecule has 5 heterocycles. The average Bonchev–Trinajstić information content (AvgIpc) is 3.81. The van der Waals surface area contributed by atoms with Crippen molar-refractivity contribution in [3.8, 4) is 0 Å². The number of hydrogen-bond acceptors (Lipinski definition) is 11. The maximum absolute atomic E-state index is 13.3. The molecule has 2 fully saturated rings. The van der Waals surface area contributed by atoms with E-state index in [0.29, 0.717) is 49.8 Å². The van der Waals surface area contributed by atoms with Crippen LogP contribution in [0.5, 0.6) is 0 Å². The number of esters is 2. The molecule has 0 aromatic heterocycles. The Balaban J connectivity index is 0.963. The Hall–Kier alpha value is -3.77. The van der Waals surface area contributed by atoms with Gasteiger partial charge in [-0.2, -0.15) is 0 Å². The minimum atomic E-state index is -0.281. The van der Waals surface area contributed by atoms with Gasteiger partial charge in [0.25, 0.3) is 0 Å². The van der Waals surface area contributed by atoms with E-state index in [-0.39, 0.29) is 30.0 Å².